The third-order valence-electron chi connectivity index (χ3n) is 2.32. The molecule has 0 amide bonds. The average molecular weight is 228 g/mol. The van der Waals surface area contributed by atoms with E-state index in [2.05, 4.69) is 0 Å². The van der Waals surface area contributed by atoms with E-state index in [0.29, 0.717) is 13.0 Å². The van der Waals surface area contributed by atoms with Gasteiger partial charge in [0.05, 0.1) is 5.56 Å². The molecule has 0 aliphatic rings. The van der Waals surface area contributed by atoms with E-state index in [-0.39, 0.29) is 12.0 Å². The van der Waals surface area contributed by atoms with Gasteiger partial charge in [0.1, 0.15) is 11.6 Å². The van der Waals surface area contributed by atoms with Crippen molar-refractivity contribution in [2.75, 3.05) is 13.7 Å². The standard InChI is InChI=1S/C12H14F2O2/c1-8-5-6-9(13)11(12(8)14)10(15)4-3-7-16-2/h5-6H,3-4,7H2,1-2H3. The Kier molecular flexibility index (Phi) is 4.55. The predicted octanol–water partition coefficient (Wildman–Crippen LogP) is 2.88. The van der Waals surface area contributed by atoms with E-state index in [9.17, 15) is 13.6 Å². The number of carbonyl (C=O) groups excluding carboxylic acids is 1. The SMILES string of the molecule is COCCCC(=O)c1c(F)ccc(C)c1F. The van der Waals surface area contributed by atoms with Crippen LogP contribution in [0.2, 0.25) is 0 Å². The maximum absolute atomic E-state index is 13.5. The molecule has 0 radical (unpaired) electrons. The van der Waals surface area contributed by atoms with Crippen molar-refractivity contribution in [3.63, 3.8) is 0 Å². The fraction of sp³-hybridized carbons (Fsp3) is 0.417. The topological polar surface area (TPSA) is 26.3 Å². The van der Waals surface area contributed by atoms with Crippen molar-refractivity contribution < 1.29 is 18.3 Å². The zero-order valence-corrected chi connectivity index (χ0v) is 9.35. The molecule has 4 heteroatoms. The highest BCUT2D eigenvalue weighted by atomic mass is 19.1. The Bertz CT molecular complexity index is 389. The van der Waals surface area contributed by atoms with Crippen LogP contribution in [0.1, 0.15) is 28.8 Å². The minimum absolute atomic E-state index is 0.0884. The van der Waals surface area contributed by atoms with Crippen molar-refractivity contribution in [3.8, 4) is 0 Å². The van der Waals surface area contributed by atoms with Gasteiger partial charge in [-0.25, -0.2) is 8.78 Å². The van der Waals surface area contributed by atoms with Gasteiger partial charge in [0.2, 0.25) is 0 Å². The summed E-state index contributed by atoms with van der Waals surface area (Å²) in [6, 6.07) is 2.43. The summed E-state index contributed by atoms with van der Waals surface area (Å²) < 4.78 is 31.6. The zero-order valence-electron chi connectivity index (χ0n) is 9.35. The van der Waals surface area contributed by atoms with Gasteiger partial charge in [-0.15, -0.1) is 0 Å². The smallest absolute Gasteiger partial charge is 0.168 e. The minimum Gasteiger partial charge on any atom is -0.385 e. The van der Waals surface area contributed by atoms with Crippen molar-refractivity contribution in [3.05, 3.63) is 34.9 Å². The number of hydrogen-bond acceptors (Lipinski definition) is 2. The Hall–Kier alpha value is -1.29. The highest BCUT2D eigenvalue weighted by Gasteiger charge is 2.18. The first kappa shape index (κ1) is 12.8. The van der Waals surface area contributed by atoms with E-state index < -0.39 is 23.0 Å². The predicted molar refractivity (Wildman–Crippen MR) is 56.5 cm³/mol. The lowest BCUT2D eigenvalue weighted by atomic mass is 10.0. The molecule has 0 aromatic heterocycles. The fourth-order valence-corrected chi connectivity index (χ4v) is 1.41. The first-order valence-corrected chi connectivity index (χ1v) is 5.04. The van der Waals surface area contributed by atoms with Crippen LogP contribution in [0.25, 0.3) is 0 Å². The van der Waals surface area contributed by atoms with E-state index in [4.69, 9.17) is 4.74 Å². The number of aryl methyl sites for hydroxylation is 1. The molecule has 0 aliphatic carbocycles. The van der Waals surface area contributed by atoms with Crippen molar-refractivity contribution in [2.24, 2.45) is 0 Å². The molecular weight excluding hydrogens is 214 g/mol. The number of halogens is 2. The first-order chi connectivity index (χ1) is 7.57. The number of hydrogen-bond donors (Lipinski definition) is 0. The van der Waals surface area contributed by atoms with Gasteiger partial charge < -0.3 is 4.74 Å². The molecule has 0 fully saturated rings. The van der Waals surface area contributed by atoms with E-state index in [1.165, 1.54) is 20.1 Å². The molecule has 0 saturated carbocycles. The van der Waals surface area contributed by atoms with Gasteiger partial charge >= 0.3 is 0 Å². The molecule has 0 N–H and O–H groups in total. The van der Waals surface area contributed by atoms with Crippen molar-refractivity contribution in [1.29, 1.82) is 0 Å². The van der Waals surface area contributed by atoms with Gasteiger partial charge in [-0.3, -0.25) is 4.79 Å². The Morgan fingerprint density at radius 2 is 2.06 bits per heavy atom. The van der Waals surface area contributed by atoms with Gasteiger partial charge in [-0.2, -0.15) is 0 Å². The largest absolute Gasteiger partial charge is 0.385 e. The van der Waals surface area contributed by atoms with E-state index in [0.717, 1.165) is 6.07 Å². The molecular formula is C12H14F2O2. The summed E-state index contributed by atoms with van der Waals surface area (Å²) in [6.45, 7) is 1.90. The molecule has 16 heavy (non-hydrogen) atoms. The van der Waals surface area contributed by atoms with Gasteiger partial charge in [-0.05, 0) is 25.0 Å². The van der Waals surface area contributed by atoms with Crippen molar-refractivity contribution in [1.82, 2.24) is 0 Å². The zero-order chi connectivity index (χ0) is 12.1. The second-order valence-corrected chi connectivity index (χ2v) is 3.57. The normalized spacial score (nSPS) is 10.5. The maximum atomic E-state index is 13.5. The molecule has 0 atom stereocenters. The van der Waals surface area contributed by atoms with Crippen LogP contribution in [0, 0.1) is 18.6 Å². The molecule has 1 rings (SSSR count). The second kappa shape index (κ2) is 5.70. The Morgan fingerprint density at radius 1 is 1.38 bits per heavy atom. The fourth-order valence-electron chi connectivity index (χ4n) is 1.41. The van der Waals surface area contributed by atoms with Crippen LogP contribution >= 0.6 is 0 Å². The van der Waals surface area contributed by atoms with Crippen LogP contribution < -0.4 is 0 Å². The first-order valence-electron chi connectivity index (χ1n) is 5.04. The molecule has 2 nitrogen and oxygen atoms in total. The van der Waals surface area contributed by atoms with Crippen LogP contribution in [0.3, 0.4) is 0 Å². The van der Waals surface area contributed by atoms with E-state index in [1.807, 2.05) is 0 Å². The van der Waals surface area contributed by atoms with Crippen LogP contribution in [-0.2, 0) is 4.74 Å². The van der Waals surface area contributed by atoms with Crippen LogP contribution in [0.4, 0.5) is 8.78 Å². The summed E-state index contributed by atoms with van der Waals surface area (Å²) in [6.07, 6.45) is 0.549. The van der Waals surface area contributed by atoms with Crippen molar-refractivity contribution in [2.45, 2.75) is 19.8 Å². The molecule has 0 aliphatic heterocycles. The lowest BCUT2D eigenvalue weighted by Gasteiger charge is -2.06. The summed E-state index contributed by atoms with van der Waals surface area (Å²) in [7, 11) is 1.51. The summed E-state index contributed by atoms with van der Waals surface area (Å²) in [4.78, 5) is 11.6. The number of Topliss-reactive ketones (excluding diaryl/α,β-unsaturated/α-hetero) is 1. The number of carbonyl (C=O) groups is 1. The minimum atomic E-state index is -0.800. The highest BCUT2D eigenvalue weighted by molar-refractivity contribution is 5.96. The lowest BCUT2D eigenvalue weighted by molar-refractivity contribution is 0.0955. The molecule has 88 valence electrons. The van der Waals surface area contributed by atoms with Gasteiger partial charge in [-0.1, -0.05) is 6.07 Å². The van der Waals surface area contributed by atoms with Crippen LogP contribution in [0.5, 0.6) is 0 Å². The molecule has 0 spiro atoms. The molecule has 0 unspecified atom stereocenters. The number of benzene rings is 1. The number of rotatable bonds is 5. The molecule has 0 bridgehead atoms. The van der Waals surface area contributed by atoms with Gasteiger partial charge in [0, 0.05) is 20.1 Å². The molecule has 1 aromatic rings. The molecule has 1 aromatic carbocycles. The summed E-state index contributed by atoms with van der Waals surface area (Å²) >= 11 is 0. The maximum Gasteiger partial charge on any atom is 0.168 e. The number of methoxy groups -OCH3 is 1. The average Bonchev–Trinajstić information content (AvgIpc) is 2.24. The number of ketones is 1. The monoisotopic (exact) mass is 228 g/mol. The van der Waals surface area contributed by atoms with Gasteiger partial charge in [0.15, 0.2) is 5.78 Å². The second-order valence-electron chi connectivity index (χ2n) is 3.57. The Morgan fingerprint density at radius 3 is 2.69 bits per heavy atom. The van der Waals surface area contributed by atoms with E-state index >= 15 is 0 Å². The summed E-state index contributed by atoms with van der Waals surface area (Å²) in [5.41, 5.74) is -0.160. The van der Waals surface area contributed by atoms with E-state index in [1.54, 1.807) is 0 Å². The third kappa shape index (κ3) is 2.85. The summed E-state index contributed by atoms with van der Waals surface area (Å²) in [5.74, 6) is -2.08. The van der Waals surface area contributed by atoms with Crippen LogP contribution in [0.15, 0.2) is 12.1 Å². The molecule has 0 saturated heterocycles. The quantitative estimate of drug-likeness (QED) is 0.572. The number of ether oxygens (including phenoxy) is 1. The highest BCUT2D eigenvalue weighted by Crippen LogP contribution is 2.18. The third-order valence-corrected chi connectivity index (χ3v) is 2.32. The molecule has 0 heterocycles. The van der Waals surface area contributed by atoms with Crippen molar-refractivity contribution >= 4 is 5.78 Å². The Labute approximate surface area is 93.2 Å². The lowest BCUT2D eigenvalue weighted by Crippen LogP contribution is -2.08. The summed E-state index contributed by atoms with van der Waals surface area (Å²) in [5, 5.41) is 0. The van der Waals surface area contributed by atoms with Crippen LogP contribution in [-0.4, -0.2) is 19.5 Å². The van der Waals surface area contributed by atoms with Gasteiger partial charge in [0.25, 0.3) is 0 Å². The Balaban J connectivity index is 2.86.